The van der Waals surface area contributed by atoms with Gasteiger partial charge in [0.05, 0.1) is 29.5 Å². The van der Waals surface area contributed by atoms with E-state index in [9.17, 15) is 0 Å². The predicted octanol–water partition coefficient (Wildman–Crippen LogP) is 3.42. The van der Waals surface area contributed by atoms with Gasteiger partial charge in [-0.05, 0) is 25.1 Å². The van der Waals surface area contributed by atoms with Crippen molar-refractivity contribution in [2.24, 2.45) is 0 Å². The quantitative estimate of drug-likeness (QED) is 0.570. The van der Waals surface area contributed by atoms with E-state index in [0.29, 0.717) is 5.70 Å². The van der Waals surface area contributed by atoms with Gasteiger partial charge in [-0.1, -0.05) is 18.7 Å². The maximum Gasteiger partial charge on any atom is 0.160 e. The molecule has 7 heteroatoms. The van der Waals surface area contributed by atoms with E-state index >= 15 is 0 Å². The Balaban J connectivity index is 1.89. The zero-order valence-corrected chi connectivity index (χ0v) is 15.2. The molecule has 7 nitrogen and oxygen atoms in total. The molecule has 0 aliphatic rings. The number of anilines is 2. The SMILES string of the molecule is C=C(Nc1cccc(N(C)NC)c1)c1ncc(-c2cn[nH]c2)n1/C=C\C. The number of rotatable bonds is 7. The maximum absolute atomic E-state index is 4.55. The van der Waals surface area contributed by atoms with E-state index in [-0.39, 0.29) is 0 Å². The number of imidazole rings is 1. The molecule has 134 valence electrons. The van der Waals surface area contributed by atoms with Crippen molar-refractivity contribution in [1.29, 1.82) is 0 Å². The highest BCUT2D eigenvalue weighted by molar-refractivity contribution is 5.76. The fraction of sp³-hybridized carbons (Fsp3) is 0.158. The maximum atomic E-state index is 4.55. The van der Waals surface area contributed by atoms with Gasteiger partial charge in [-0.15, -0.1) is 0 Å². The average molecular weight is 349 g/mol. The summed E-state index contributed by atoms with van der Waals surface area (Å²) in [4.78, 5) is 4.55. The summed E-state index contributed by atoms with van der Waals surface area (Å²) in [6.07, 6.45) is 9.35. The minimum absolute atomic E-state index is 0.710. The molecule has 2 heterocycles. The van der Waals surface area contributed by atoms with Crippen LogP contribution in [-0.2, 0) is 0 Å². The van der Waals surface area contributed by atoms with Crippen molar-refractivity contribution < 1.29 is 0 Å². The second-order valence-corrected chi connectivity index (χ2v) is 5.74. The van der Waals surface area contributed by atoms with Crippen molar-refractivity contribution in [1.82, 2.24) is 25.2 Å². The van der Waals surface area contributed by atoms with Crippen LogP contribution in [-0.4, -0.2) is 33.8 Å². The summed E-state index contributed by atoms with van der Waals surface area (Å²) in [6.45, 7) is 6.14. The molecule has 0 atom stereocenters. The Morgan fingerprint density at radius 1 is 1.35 bits per heavy atom. The van der Waals surface area contributed by atoms with Crippen LogP contribution in [0.2, 0.25) is 0 Å². The molecule has 1 aromatic carbocycles. The van der Waals surface area contributed by atoms with Crippen LogP contribution in [0.3, 0.4) is 0 Å². The summed E-state index contributed by atoms with van der Waals surface area (Å²) in [5.41, 5.74) is 7.69. The number of hydrogen-bond donors (Lipinski definition) is 3. The van der Waals surface area contributed by atoms with Gasteiger partial charge >= 0.3 is 0 Å². The fourth-order valence-electron chi connectivity index (χ4n) is 2.64. The van der Waals surface area contributed by atoms with E-state index in [4.69, 9.17) is 0 Å². The van der Waals surface area contributed by atoms with Crippen LogP contribution in [0.25, 0.3) is 23.2 Å². The summed E-state index contributed by atoms with van der Waals surface area (Å²) in [7, 11) is 3.84. The third-order valence-electron chi connectivity index (χ3n) is 4.02. The highest BCUT2D eigenvalue weighted by Crippen LogP contribution is 2.25. The van der Waals surface area contributed by atoms with Gasteiger partial charge in [-0.3, -0.25) is 9.67 Å². The second-order valence-electron chi connectivity index (χ2n) is 5.74. The molecule has 0 fully saturated rings. The number of aromatic amines is 1. The molecule has 0 saturated carbocycles. The number of nitrogens with zero attached hydrogens (tertiary/aromatic N) is 4. The van der Waals surface area contributed by atoms with E-state index < -0.39 is 0 Å². The van der Waals surface area contributed by atoms with E-state index in [1.54, 1.807) is 6.20 Å². The molecule has 26 heavy (non-hydrogen) atoms. The van der Waals surface area contributed by atoms with Crippen molar-refractivity contribution in [2.45, 2.75) is 6.92 Å². The van der Waals surface area contributed by atoms with Crippen LogP contribution >= 0.6 is 0 Å². The Hall–Kier alpha value is -3.32. The minimum atomic E-state index is 0.710. The standard InChI is InChI=1S/C19H23N7/c1-5-9-26-18(15-11-22-23-12-15)13-21-19(26)14(2)24-16-7-6-8-17(10-16)25(4)20-3/h5-13,20,24H,2H2,1,3-4H3,(H,22,23)/b9-5-. The van der Waals surface area contributed by atoms with Crippen LogP contribution in [0, 0.1) is 0 Å². The second kappa shape index (κ2) is 7.71. The van der Waals surface area contributed by atoms with Gasteiger partial charge in [0.1, 0.15) is 0 Å². The monoisotopic (exact) mass is 349 g/mol. The molecular formula is C19H23N7. The molecule has 3 N–H and O–H groups in total. The molecular weight excluding hydrogens is 326 g/mol. The molecule has 0 aliphatic heterocycles. The molecule has 0 unspecified atom stereocenters. The van der Waals surface area contributed by atoms with Gasteiger partial charge < -0.3 is 10.3 Å². The molecule has 3 rings (SSSR count). The Labute approximate surface area is 153 Å². The van der Waals surface area contributed by atoms with Crippen LogP contribution < -0.4 is 15.8 Å². The lowest BCUT2D eigenvalue weighted by Gasteiger charge is -2.19. The Morgan fingerprint density at radius 2 is 2.19 bits per heavy atom. The summed E-state index contributed by atoms with van der Waals surface area (Å²) in [6, 6.07) is 8.07. The van der Waals surface area contributed by atoms with Crippen LogP contribution in [0.15, 0.2) is 55.5 Å². The van der Waals surface area contributed by atoms with Gasteiger partial charge in [-0.2, -0.15) is 5.10 Å². The number of allylic oxidation sites excluding steroid dienone is 1. The van der Waals surface area contributed by atoms with Crippen molar-refractivity contribution in [3.05, 3.63) is 61.3 Å². The van der Waals surface area contributed by atoms with Gasteiger partial charge in [0, 0.05) is 37.7 Å². The van der Waals surface area contributed by atoms with Crippen molar-refractivity contribution in [2.75, 3.05) is 24.4 Å². The van der Waals surface area contributed by atoms with Crippen molar-refractivity contribution in [3.8, 4) is 11.3 Å². The molecule has 0 spiro atoms. The summed E-state index contributed by atoms with van der Waals surface area (Å²) < 4.78 is 1.99. The molecule has 0 radical (unpaired) electrons. The van der Waals surface area contributed by atoms with Crippen molar-refractivity contribution >= 4 is 23.3 Å². The Kier molecular flexibility index (Phi) is 5.19. The lowest BCUT2D eigenvalue weighted by atomic mass is 10.2. The van der Waals surface area contributed by atoms with Crippen LogP contribution in [0.4, 0.5) is 11.4 Å². The van der Waals surface area contributed by atoms with Crippen LogP contribution in [0.1, 0.15) is 12.7 Å². The number of H-pyrrole nitrogens is 1. The predicted molar refractivity (Wildman–Crippen MR) is 107 cm³/mol. The number of benzene rings is 1. The normalized spacial score (nSPS) is 11.0. The molecule has 0 amide bonds. The number of hydrogen-bond acceptors (Lipinski definition) is 5. The Morgan fingerprint density at radius 3 is 2.88 bits per heavy atom. The fourth-order valence-corrected chi connectivity index (χ4v) is 2.64. The van der Waals surface area contributed by atoms with Gasteiger partial charge in [0.25, 0.3) is 0 Å². The summed E-state index contributed by atoms with van der Waals surface area (Å²) in [5, 5.41) is 12.1. The van der Waals surface area contributed by atoms with E-state index in [1.165, 1.54) is 0 Å². The van der Waals surface area contributed by atoms with Gasteiger partial charge in [-0.25, -0.2) is 10.4 Å². The third kappa shape index (κ3) is 3.52. The smallest absolute Gasteiger partial charge is 0.160 e. The summed E-state index contributed by atoms with van der Waals surface area (Å²) in [5.74, 6) is 0.742. The zero-order valence-electron chi connectivity index (χ0n) is 15.2. The number of aromatic nitrogens is 4. The minimum Gasteiger partial charge on any atom is -0.353 e. The molecule has 3 aromatic rings. The van der Waals surface area contributed by atoms with Crippen molar-refractivity contribution in [3.63, 3.8) is 0 Å². The number of hydrazine groups is 1. The van der Waals surface area contributed by atoms with E-state index in [2.05, 4.69) is 32.5 Å². The van der Waals surface area contributed by atoms with E-state index in [0.717, 1.165) is 28.5 Å². The lowest BCUT2D eigenvalue weighted by molar-refractivity contribution is 0.792. The van der Waals surface area contributed by atoms with Crippen LogP contribution in [0.5, 0.6) is 0 Å². The Bertz CT molecular complexity index is 906. The first-order valence-electron chi connectivity index (χ1n) is 8.30. The van der Waals surface area contributed by atoms with Gasteiger partial charge in [0.2, 0.25) is 0 Å². The first-order valence-corrected chi connectivity index (χ1v) is 8.30. The highest BCUT2D eigenvalue weighted by atomic mass is 15.5. The average Bonchev–Trinajstić information content (AvgIpc) is 3.31. The number of nitrogens with one attached hydrogen (secondary N) is 3. The largest absolute Gasteiger partial charge is 0.353 e. The summed E-state index contributed by atoms with van der Waals surface area (Å²) >= 11 is 0. The van der Waals surface area contributed by atoms with Gasteiger partial charge in [0.15, 0.2) is 5.82 Å². The molecule has 0 saturated heterocycles. The topological polar surface area (TPSA) is 73.8 Å². The third-order valence-corrected chi connectivity index (χ3v) is 4.02. The highest BCUT2D eigenvalue weighted by Gasteiger charge is 2.13. The zero-order chi connectivity index (χ0) is 18.5. The molecule has 0 aliphatic carbocycles. The van der Waals surface area contributed by atoms with E-state index in [1.807, 2.05) is 79.5 Å². The molecule has 0 bridgehead atoms. The molecule has 2 aromatic heterocycles. The first kappa shape index (κ1) is 17.5. The first-order chi connectivity index (χ1) is 12.6. The lowest BCUT2D eigenvalue weighted by Crippen LogP contribution is -2.30.